The molecule has 10 heteroatoms. The second-order valence-corrected chi connectivity index (χ2v) is 10.3. The fourth-order valence-electron chi connectivity index (χ4n) is 4.09. The Bertz CT molecular complexity index is 1400. The number of carbonyl (C=O) groups excluding carboxylic acids is 1. The van der Waals surface area contributed by atoms with Crippen molar-refractivity contribution in [3.8, 4) is 5.75 Å². The summed E-state index contributed by atoms with van der Waals surface area (Å²) in [6, 6.07) is 14.4. The molecule has 1 heterocycles. The first-order valence-electron chi connectivity index (χ1n) is 11.2. The van der Waals surface area contributed by atoms with Crippen LogP contribution in [0.5, 0.6) is 5.75 Å². The summed E-state index contributed by atoms with van der Waals surface area (Å²) in [5.74, 6) is -2.33. The second-order valence-electron chi connectivity index (χ2n) is 8.61. The standard InChI is InChI=1S/C26H26F2N2O5S/c1-16-11-12-17(2)18(13-16)26(31)30-14-22(34-3)23(15-30)35-21-9-6-8-20(25(21)28)29-36(32,33)24-10-5-4-7-19(24)27/h4-13,22-23,29H,14-15H2,1-3H3. The highest BCUT2D eigenvalue weighted by Gasteiger charge is 2.38. The van der Waals surface area contributed by atoms with E-state index in [0.29, 0.717) is 5.56 Å². The van der Waals surface area contributed by atoms with Gasteiger partial charge in [-0.25, -0.2) is 17.2 Å². The number of carbonyl (C=O) groups is 1. The summed E-state index contributed by atoms with van der Waals surface area (Å²) in [4.78, 5) is 14.1. The number of nitrogens with one attached hydrogen (secondary N) is 1. The lowest BCUT2D eigenvalue weighted by molar-refractivity contribution is 0.0323. The van der Waals surface area contributed by atoms with E-state index in [1.165, 1.54) is 37.4 Å². The molecule has 0 aliphatic carbocycles. The molecular formula is C26H26F2N2O5S. The molecule has 2 atom stereocenters. The highest BCUT2D eigenvalue weighted by molar-refractivity contribution is 7.92. The van der Waals surface area contributed by atoms with Crippen molar-refractivity contribution >= 4 is 21.6 Å². The molecule has 4 rings (SSSR count). The molecule has 0 spiro atoms. The number of aryl methyl sites for hydroxylation is 2. The fourth-order valence-corrected chi connectivity index (χ4v) is 5.23. The zero-order chi connectivity index (χ0) is 26.0. The van der Waals surface area contributed by atoms with Gasteiger partial charge < -0.3 is 14.4 Å². The Balaban J connectivity index is 1.54. The van der Waals surface area contributed by atoms with Crippen LogP contribution >= 0.6 is 0 Å². The second kappa shape index (κ2) is 10.2. The van der Waals surface area contributed by atoms with E-state index in [0.717, 1.165) is 23.3 Å². The summed E-state index contributed by atoms with van der Waals surface area (Å²) < 4.78 is 67.9. The minimum absolute atomic E-state index is 0.148. The van der Waals surface area contributed by atoms with Crippen LogP contribution in [0.3, 0.4) is 0 Å². The first-order valence-corrected chi connectivity index (χ1v) is 12.7. The van der Waals surface area contributed by atoms with Crippen LogP contribution in [0.1, 0.15) is 21.5 Å². The van der Waals surface area contributed by atoms with Gasteiger partial charge >= 0.3 is 0 Å². The molecule has 2 unspecified atom stereocenters. The maximum atomic E-state index is 15.3. The smallest absolute Gasteiger partial charge is 0.264 e. The molecule has 7 nitrogen and oxygen atoms in total. The van der Waals surface area contributed by atoms with Crippen LogP contribution in [0, 0.1) is 25.5 Å². The Kier molecular flexibility index (Phi) is 7.28. The molecule has 1 fully saturated rings. The van der Waals surface area contributed by atoms with Crippen LogP contribution in [0.2, 0.25) is 0 Å². The topological polar surface area (TPSA) is 84.9 Å². The predicted molar refractivity (Wildman–Crippen MR) is 131 cm³/mol. The minimum atomic E-state index is -4.38. The first-order chi connectivity index (χ1) is 17.1. The highest BCUT2D eigenvalue weighted by atomic mass is 32.2. The van der Waals surface area contributed by atoms with E-state index >= 15 is 4.39 Å². The van der Waals surface area contributed by atoms with Crippen molar-refractivity contribution in [3.05, 3.63) is 89.0 Å². The van der Waals surface area contributed by atoms with Gasteiger partial charge in [-0.15, -0.1) is 0 Å². The van der Waals surface area contributed by atoms with Crippen LogP contribution in [0.25, 0.3) is 0 Å². The number of benzene rings is 3. The minimum Gasteiger partial charge on any atom is -0.483 e. The van der Waals surface area contributed by atoms with E-state index in [9.17, 15) is 17.6 Å². The maximum Gasteiger partial charge on any atom is 0.264 e. The van der Waals surface area contributed by atoms with Crippen LogP contribution in [-0.4, -0.2) is 51.6 Å². The molecule has 1 aliphatic rings. The molecule has 1 aliphatic heterocycles. The van der Waals surface area contributed by atoms with Gasteiger partial charge in [0, 0.05) is 12.7 Å². The lowest BCUT2D eigenvalue weighted by Gasteiger charge is -2.20. The fraction of sp³-hybridized carbons (Fsp3) is 0.269. The number of methoxy groups -OCH3 is 1. The molecule has 1 N–H and O–H groups in total. The van der Waals surface area contributed by atoms with Gasteiger partial charge in [0.05, 0.1) is 18.8 Å². The number of amides is 1. The summed E-state index contributed by atoms with van der Waals surface area (Å²) in [5.41, 5.74) is 1.97. The quantitative estimate of drug-likeness (QED) is 0.506. The number of rotatable bonds is 7. The van der Waals surface area contributed by atoms with Gasteiger partial charge in [-0.2, -0.15) is 0 Å². The SMILES string of the molecule is COC1CN(C(=O)c2cc(C)ccc2C)CC1Oc1cccc(NS(=O)(=O)c2ccccc2F)c1F. The molecule has 0 aromatic heterocycles. The van der Waals surface area contributed by atoms with Gasteiger partial charge in [0.2, 0.25) is 0 Å². The van der Waals surface area contributed by atoms with E-state index in [-0.39, 0.29) is 24.7 Å². The van der Waals surface area contributed by atoms with Gasteiger partial charge in [0.1, 0.15) is 22.9 Å². The van der Waals surface area contributed by atoms with Crippen molar-refractivity contribution < 1.29 is 31.5 Å². The Morgan fingerprint density at radius 2 is 1.72 bits per heavy atom. The van der Waals surface area contributed by atoms with E-state index < -0.39 is 44.4 Å². The van der Waals surface area contributed by atoms with Gasteiger partial charge in [0.25, 0.3) is 15.9 Å². The lowest BCUT2D eigenvalue weighted by Crippen LogP contribution is -2.32. The molecule has 0 bridgehead atoms. The number of nitrogens with zero attached hydrogens (tertiary/aromatic N) is 1. The average Bonchev–Trinajstić information content (AvgIpc) is 3.25. The van der Waals surface area contributed by atoms with Crippen LogP contribution in [0.15, 0.2) is 65.6 Å². The Labute approximate surface area is 208 Å². The van der Waals surface area contributed by atoms with Crippen molar-refractivity contribution in [3.63, 3.8) is 0 Å². The summed E-state index contributed by atoms with van der Waals surface area (Å²) in [5, 5.41) is 0. The van der Waals surface area contributed by atoms with E-state index in [1.807, 2.05) is 32.0 Å². The summed E-state index contributed by atoms with van der Waals surface area (Å²) >= 11 is 0. The average molecular weight is 517 g/mol. The van der Waals surface area contributed by atoms with E-state index in [4.69, 9.17) is 9.47 Å². The van der Waals surface area contributed by atoms with Crippen molar-refractivity contribution in [2.75, 3.05) is 24.9 Å². The van der Waals surface area contributed by atoms with Crippen molar-refractivity contribution in [2.24, 2.45) is 0 Å². The number of likely N-dealkylation sites (tertiary alicyclic amines) is 1. The normalized spacial score (nSPS) is 17.8. The monoisotopic (exact) mass is 516 g/mol. The molecular weight excluding hydrogens is 490 g/mol. The molecule has 0 radical (unpaired) electrons. The number of hydrogen-bond acceptors (Lipinski definition) is 5. The number of hydrogen-bond donors (Lipinski definition) is 1. The van der Waals surface area contributed by atoms with Crippen molar-refractivity contribution in [2.45, 2.75) is 31.0 Å². The van der Waals surface area contributed by atoms with Gasteiger partial charge in [0.15, 0.2) is 11.6 Å². The summed E-state index contributed by atoms with van der Waals surface area (Å²) in [7, 11) is -2.91. The number of halogens is 2. The van der Waals surface area contributed by atoms with E-state index in [1.54, 1.807) is 4.90 Å². The van der Waals surface area contributed by atoms with Crippen LogP contribution in [0.4, 0.5) is 14.5 Å². The Morgan fingerprint density at radius 3 is 2.44 bits per heavy atom. The molecule has 1 saturated heterocycles. The third-order valence-electron chi connectivity index (χ3n) is 6.04. The van der Waals surface area contributed by atoms with Gasteiger partial charge in [-0.1, -0.05) is 35.9 Å². The summed E-state index contributed by atoms with van der Waals surface area (Å²) in [6.45, 7) is 4.15. The van der Waals surface area contributed by atoms with Gasteiger partial charge in [-0.3, -0.25) is 9.52 Å². The third-order valence-corrected chi connectivity index (χ3v) is 7.44. The molecule has 0 saturated carbocycles. The Hall–Kier alpha value is -3.50. The van der Waals surface area contributed by atoms with Crippen molar-refractivity contribution in [1.29, 1.82) is 0 Å². The van der Waals surface area contributed by atoms with Crippen LogP contribution in [-0.2, 0) is 14.8 Å². The zero-order valence-corrected chi connectivity index (χ0v) is 20.8. The van der Waals surface area contributed by atoms with Gasteiger partial charge in [-0.05, 0) is 49.7 Å². The number of sulfonamides is 1. The highest BCUT2D eigenvalue weighted by Crippen LogP contribution is 2.30. The first kappa shape index (κ1) is 25.6. The lowest BCUT2D eigenvalue weighted by atomic mass is 10.0. The number of anilines is 1. The zero-order valence-electron chi connectivity index (χ0n) is 20.0. The molecule has 36 heavy (non-hydrogen) atoms. The van der Waals surface area contributed by atoms with E-state index in [2.05, 4.69) is 4.72 Å². The summed E-state index contributed by atoms with van der Waals surface area (Å²) in [6.07, 6.45) is -1.23. The molecule has 190 valence electrons. The van der Waals surface area contributed by atoms with Crippen LogP contribution < -0.4 is 9.46 Å². The number of ether oxygens (including phenoxy) is 2. The third kappa shape index (κ3) is 5.19. The van der Waals surface area contributed by atoms with Crippen molar-refractivity contribution in [1.82, 2.24) is 4.90 Å². The largest absolute Gasteiger partial charge is 0.483 e. The Morgan fingerprint density at radius 1 is 1.00 bits per heavy atom. The molecule has 3 aromatic rings. The molecule has 1 amide bonds. The predicted octanol–water partition coefficient (Wildman–Crippen LogP) is 4.30. The molecule has 3 aromatic carbocycles. The maximum absolute atomic E-state index is 15.3.